The Bertz CT molecular complexity index is 1090. The molecule has 0 nitrogen and oxygen atoms in total. The average Bonchev–Trinajstić information content (AvgIpc) is 2.92. The normalized spacial score (nSPS) is 17.6. The first kappa shape index (κ1) is 28.8. The van der Waals surface area contributed by atoms with Crippen LogP contribution in [0.1, 0.15) is 94.2 Å². The molecule has 0 amide bonds. The van der Waals surface area contributed by atoms with Gasteiger partial charge in [0.05, 0.1) is 5.56 Å². The largest absolute Gasteiger partial charge is 0.206 e. The van der Waals surface area contributed by atoms with Crippen molar-refractivity contribution in [2.75, 3.05) is 0 Å². The van der Waals surface area contributed by atoms with E-state index in [9.17, 15) is 8.78 Å². The zero-order chi connectivity index (χ0) is 26.7. The van der Waals surface area contributed by atoms with Gasteiger partial charge in [-0.25, -0.2) is 8.78 Å². The Kier molecular flexibility index (Phi) is 11.2. The van der Waals surface area contributed by atoms with E-state index in [0.29, 0.717) is 16.5 Å². The second-order valence-electron chi connectivity index (χ2n) is 11.4. The summed E-state index contributed by atoms with van der Waals surface area (Å²) in [4.78, 5) is 0. The Balaban J connectivity index is 1.17. The lowest BCUT2D eigenvalue weighted by molar-refractivity contribution is 0.253. The molecule has 3 heteroatoms. The number of hydrogen-bond acceptors (Lipinski definition) is 0. The van der Waals surface area contributed by atoms with Crippen molar-refractivity contribution in [1.82, 2.24) is 0 Å². The Labute approximate surface area is 233 Å². The van der Waals surface area contributed by atoms with Gasteiger partial charge in [0.1, 0.15) is 11.6 Å². The fourth-order valence-electron chi connectivity index (χ4n) is 6.02. The van der Waals surface area contributed by atoms with Gasteiger partial charge in [0.15, 0.2) is 0 Å². The van der Waals surface area contributed by atoms with Gasteiger partial charge in [-0.1, -0.05) is 106 Å². The molecule has 204 valence electrons. The van der Waals surface area contributed by atoms with E-state index in [1.165, 1.54) is 100 Å². The fourth-order valence-corrected chi connectivity index (χ4v) is 6.14. The van der Waals surface area contributed by atoms with Crippen LogP contribution in [0.15, 0.2) is 60.7 Å². The molecule has 1 fully saturated rings. The van der Waals surface area contributed by atoms with Crippen LogP contribution in [0.4, 0.5) is 8.78 Å². The fraction of sp³-hybridized carbons (Fsp3) is 0.486. The van der Waals surface area contributed by atoms with Gasteiger partial charge in [-0.3, -0.25) is 0 Å². The summed E-state index contributed by atoms with van der Waals surface area (Å²) in [5.74, 6) is 0.472. The molecular weight excluding hydrogens is 494 g/mol. The molecule has 1 aliphatic carbocycles. The lowest BCUT2D eigenvalue weighted by Gasteiger charge is -2.28. The first-order chi connectivity index (χ1) is 18.5. The van der Waals surface area contributed by atoms with Crippen LogP contribution < -0.4 is 0 Å². The minimum absolute atomic E-state index is 0.0305. The van der Waals surface area contributed by atoms with Crippen LogP contribution in [0.3, 0.4) is 0 Å². The zero-order valence-electron chi connectivity index (χ0n) is 23.0. The Morgan fingerprint density at radius 2 is 1.13 bits per heavy atom. The minimum atomic E-state index is -0.494. The first-order valence-electron chi connectivity index (χ1n) is 14.8. The highest BCUT2D eigenvalue weighted by Crippen LogP contribution is 2.35. The van der Waals surface area contributed by atoms with Crippen molar-refractivity contribution in [3.05, 3.63) is 94.0 Å². The predicted octanol–water partition coefficient (Wildman–Crippen LogP) is 11.2. The standard InChI is InChI=1S/C35H43ClF2/c1-2-3-4-5-6-7-26-8-10-27(11-9-26)12-13-28-14-16-29(17-15-28)18-19-30-24-33(37)35(34(38)25-30)31-20-22-32(36)23-21-31/h8-11,20-25,28-29H,2-7,12-19H2,1H3. The highest BCUT2D eigenvalue weighted by molar-refractivity contribution is 6.30. The molecule has 0 N–H and O–H groups in total. The molecule has 0 unspecified atom stereocenters. The van der Waals surface area contributed by atoms with E-state index in [4.69, 9.17) is 11.6 Å². The summed E-state index contributed by atoms with van der Waals surface area (Å²) in [5.41, 5.74) is 4.24. The van der Waals surface area contributed by atoms with Crippen LogP contribution >= 0.6 is 11.6 Å². The molecule has 0 radical (unpaired) electrons. The van der Waals surface area contributed by atoms with Crippen LogP contribution in [-0.4, -0.2) is 0 Å². The smallest absolute Gasteiger partial charge is 0.134 e. The number of rotatable bonds is 13. The van der Waals surface area contributed by atoms with Gasteiger partial charge in [0, 0.05) is 5.02 Å². The Morgan fingerprint density at radius 3 is 1.68 bits per heavy atom. The summed E-state index contributed by atoms with van der Waals surface area (Å²) in [5, 5.41) is 0.554. The maximum atomic E-state index is 14.8. The average molecular weight is 537 g/mol. The lowest BCUT2D eigenvalue weighted by Crippen LogP contribution is -2.16. The maximum Gasteiger partial charge on any atom is 0.134 e. The molecule has 3 aromatic carbocycles. The van der Waals surface area contributed by atoms with Crippen molar-refractivity contribution in [3.63, 3.8) is 0 Å². The van der Waals surface area contributed by atoms with E-state index < -0.39 is 11.6 Å². The molecule has 0 aromatic heterocycles. The molecule has 0 spiro atoms. The number of halogens is 3. The Morgan fingerprint density at radius 1 is 0.632 bits per heavy atom. The van der Waals surface area contributed by atoms with Crippen LogP contribution in [0.5, 0.6) is 0 Å². The van der Waals surface area contributed by atoms with Gasteiger partial charge in [-0.2, -0.15) is 0 Å². The molecule has 3 aromatic rings. The van der Waals surface area contributed by atoms with Crippen molar-refractivity contribution in [2.45, 2.75) is 96.8 Å². The summed E-state index contributed by atoms with van der Waals surface area (Å²) in [6.45, 7) is 2.27. The predicted molar refractivity (Wildman–Crippen MR) is 158 cm³/mol. The second-order valence-corrected chi connectivity index (χ2v) is 11.8. The molecule has 0 atom stereocenters. The van der Waals surface area contributed by atoms with Gasteiger partial charge in [-0.15, -0.1) is 0 Å². The van der Waals surface area contributed by atoms with Crippen molar-refractivity contribution in [1.29, 1.82) is 0 Å². The monoisotopic (exact) mass is 536 g/mol. The second kappa shape index (κ2) is 14.8. The van der Waals surface area contributed by atoms with Crippen LogP contribution in [-0.2, 0) is 19.3 Å². The van der Waals surface area contributed by atoms with Gasteiger partial charge in [0.2, 0.25) is 0 Å². The van der Waals surface area contributed by atoms with Gasteiger partial charge >= 0.3 is 0 Å². The van der Waals surface area contributed by atoms with E-state index in [1.807, 2.05) is 0 Å². The highest BCUT2D eigenvalue weighted by Gasteiger charge is 2.21. The molecule has 38 heavy (non-hydrogen) atoms. The van der Waals surface area contributed by atoms with E-state index in [2.05, 4.69) is 31.2 Å². The first-order valence-corrected chi connectivity index (χ1v) is 15.2. The number of hydrogen-bond donors (Lipinski definition) is 0. The molecule has 1 saturated carbocycles. The van der Waals surface area contributed by atoms with Crippen molar-refractivity contribution in [2.24, 2.45) is 11.8 Å². The van der Waals surface area contributed by atoms with Gasteiger partial charge in [-0.05, 0) is 96.9 Å². The minimum Gasteiger partial charge on any atom is -0.206 e. The van der Waals surface area contributed by atoms with Crippen molar-refractivity contribution < 1.29 is 8.78 Å². The zero-order valence-corrected chi connectivity index (χ0v) is 23.7. The quantitative estimate of drug-likeness (QED) is 0.190. The molecule has 0 bridgehead atoms. The number of aryl methyl sites for hydroxylation is 3. The molecule has 0 heterocycles. The van der Waals surface area contributed by atoms with E-state index in [1.54, 1.807) is 24.3 Å². The summed E-state index contributed by atoms with van der Waals surface area (Å²) >= 11 is 5.92. The van der Waals surface area contributed by atoms with Crippen LogP contribution in [0.25, 0.3) is 11.1 Å². The topological polar surface area (TPSA) is 0 Å². The molecule has 0 saturated heterocycles. The van der Waals surface area contributed by atoms with Crippen molar-refractivity contribution in [3.8, 4) is 11.1 Å². The summed E-state index contributed by atoms with van der Waals surface area (Å²) in [6.07, 6.45) is 17.1. The van der Waals surface area contributed by atoms with E-state index >= 15 is 0 Å². The van der Waals surface area contributed by atoms with Gasteiger partial charge < -0.3 is 0 Å². The maximum absolute atomic E-state index is 14.8. The molecule has 1 aliphatic rings. The van der Waals surface area contributed by atoms with Gasteiger partial charge in [0.25, 0.3) is 0 Å². The lowest BCUT2D eigenvalue weighted by atomic mass is 9.77. The van der Waals surface area contributed by atoms with Crippen molar-refractivity contribution >= 4 is 11.6 Å². The number of unbranched alkanes of at least 4 members (excludes halogenated alkanes) is 4. The summed E-state index contributed by atoms with van der Waals surface area (Å²) in [7, 11) is 0. The van der Waals surface area contributed by atoms with E-state index in [0.717, 1.165) is 24.3 Å². The highest BCUT2D eigenvalue weighted by atomic mass is 35.5. The molecular formula is C35H43ClF2. The summed E-state index contributed by atoms with van der Waals surface area (Å²) < 4.78 is 29.6. The van der Waals surface area contributed by atoms with Crippen LogP contribution in [0.2, 0.25) is 5.02 Å². The SMILES string of the molecule is CCCCCCCc1ccc(CCC2CCC(CCc3cc(F)c(-c4ccc(Cl)cc4)c(F)c3)CC2)cc1. The molecule has 0 aliphatic heterocycles. The van der Waals surface area contributed by atoms with E-state index in [-0.39, 0.29) is 5.56 Å². The third kappa shape index (κ3) is 8.67. The molecule has 4 rings (SSSR count). The third-order valence-electron chi connectivity index (χ3n) is 8.48. The Hall–Kier alpha value is -2.19. The third-order valence-corrected chi connectivity index (χ3v) is 8.73. The van der Waals surface area contributed by atoms with Crippen LogP contribution in [0, 0.1) is 23.5 Å². The summed E-state index contributed by atoms with van der Waals surface area (Å²) in [6, 6.07) is 19.0. The number of benzene rings is 3.